The predicted octanol–water partition coefficient (Wildman–Crippen LogP) is 4.07. The molecule has 1 heterocycles. The summed E-state index contributed by atoms with van der Waals surface area (Å²) in [5, 5.41) is 3.86. The summed E-state index contributed by atoms with van der Waals surface area (Å²) < 4.78 is 27.2. The molecule has 1 N–H and O–H groups in total. The lowest BCUT2D eigenvalue weighted by Crippen LogP contribution is -2.50. The quantitative estimate of drug-likeness (QED) is 0.770. The highest BCUT2D eigenvalue weighted by Crippen LogP contribution is 2.65. The monoisotopic (exact) mass is 438 g/mol. The van der Waals surface area contributed by atoms with E-state index in [0.717, 1.165) is 6.42 Å². The molecule has 3 atom stereocenters. The van der Waals surface area contributed by atoms with E-state index in [4.69, 9.17) is 11.6 Å². The van der Waals surface area contributed by atoms with Crippen molar-refractivity contribution in [3.63, 3.8) is 0 Å². The van der Waals surface area contributed by atoms with Crippen molar-refractivity contribution < 1.29 is 13.2 Å². The number of hydrogen-bond acceptors (Lipinski definition) is 3. The number of sulfonamides is 1. The third kappa shape index (κ3) is 3.41. The molecule has 29 heavy (non-hydrogen) atoms. The maximum absolute atomic E-state index is 13.0. The van der Waals surface area contributed by atoms with Crippen molar-refractivity contribution in [2.45, 2.75) is 63.8 Å². The Labute approximate surface area is 179 Å². The van der Waals surface area contributed by atoms with Crippen LogP contribution in [0.15, 0.2) is 29.2 Å². The minimum atomic E-state index is -3.54. The molecule has 1 amide bonds. The van der Waals surface area contributed by atoms with Gasteiger partial charge >= 0.3 is 0 Å². The van der Waals surface area contributed by atoms with E-state index in [1.807, 2.05) is 0 Å². The highest BCUT2D eigenvalue weighted by Gasteiger charge is 2.61. The fraction of sp³-hybridized carbons (Fsp3) is 0.682. The number of halogens is 1. The normalized spacial score (nSPS) is 32.4. The number of amides is 1. The van der Waals surface area contributed by atoms with Gasteiger partial charge < -0.3 is 5.32 Å². The molecule has 0 unspecified atom stereocenters. The zero-order valence-corrected chi connectivity index (χ0v) is 19.0. The van der Waals surface area contributed by atoms with Gasteiger partial charge in [0.05, 0.1) is 4.90 Å². The molecule has 2 aliphatic carbocycles. The molecule has 3 fully saturated rings. The van der Waals surface area contributed by atoms with Gasteiger partial charge in [0.25, 0.3) is 0 Å². The van der Waals surface area contributed by atoms with Crippen molar-refractivity contribution in [2.75, 3.05) is 13.1 Å². The molecule has 7 heteroatoms. The van der Waals surface area contributed by atoms with Crippen LogP contribution in [0.4, 0.5) is 0 Å². The molecule has 5 nitrogen and oxygen atoms in total. The minimum Gasteiger partial charge on any atom is -0.353 e. The van der Waals surface area contributed by atoms with Crippen LogP contribution in [0.3, 0.4) is 0 Å². The van der Waals surface area contributed by atoms with Gasteiger partial charge in [-0.25, -0.2) is 8.42 Å². The summed E-state index contributed by atoms with van der Waals surface area (Å²) in [6.07, 6.45) is 4.63. The third-order valence-corrected chi connectivity index (χ3v) is 10.6. The molecule has 4 rings (SSSR count). The summed E-state index contributed by atoms with van der Waals surface area (Å²) in [6.45, 7) is 7.76. The number of hydrogen-bond donors (Lipinski definition) is 1. The minimum absolute atomic E-state index is 0.100. The summed E-state index contributed by atoms with van der Waals surface area (Å²) >= 11 is 5.87. The molecule has 1 aromatic carbocycles. The zero-order valence-electron chi connectivity index (χ0n) is 17.4. The van der Waals surface area contributed by atoms with Crippen LogP contribution in [0, 0.1) is 22.7 Å². The summed E-state index contributed by atoms with van der Waals surface area (Å²) in [4.78, 5) is 13.2. The average Bonchev–Trinajstić information content (AvgIpc) is 3.02. The van der Waals surface area contributed by atoms with Gasteiger partial charge in [-0.3, -0.25) is 4.79 Å². The Kier molecular flexibility index (Phi) is 5.28. The van der Waals surface area contributed by atoms with Gasteiger partial charge in [0, 0.05) is 30.1 Å². The van der Waals surface area contributed by atoms with Gasteiger partial charge in [-0.05, 0) is 73.1 Å². The third-order valence-electron chi connectivity index (χ3n) is 8.39. The lowest BCUT2D eigenvalue weighted by Gasteiger charge is -2.40. The number of carbonyl (C=O) groups excluding carboxylic acids is 1. The van der Waals surface area contributed by atoms with Gasteiger partial charge in [0.1, 0.15) is 0 Å². The van der Waals surface area contributed by atoms with E-state index < -0.39 is 10.0 Å². The number of benzene rings is 1. The number of fused-ring (bicyclic) bond motifs is 2. The Hall–Kier alpha value is -1.11. The molecule has 2 saturated carbocycles. The first-order valence-electron chi connectivity index (χ1n) is 10.6. The number of nitrogens with zero attached hydrogens (tertiary/aromatic N) is 1. The first-order chi connectivity index (χ1) is 13.6. The van der Waals surface area contributed by atoms with E-state index in [2.05, 4.69) is 26.1 Å². The lowest BCUT2D eigenvalue weighted by molar-refractivity contribution is -0.127. The number of nitrogens with one attached hydrogen (secondary N) is 1. The van der Waals surface area contributed by atoms with Crippen molar-refractivity contribution in [2.24, 2.45) is 22.7 Å². The van der Waals surface area contributed by atoms with Gasteiger partial charge in [-0.2, -0.15) is 4.31 Å². The molecule has 0 spiro atoms. The van der Waals surface area contributed by atoms with Crippen molar-refractivity contribution in [1.82, 2.24) is 9.62 Å². The van der Waals surface area contributed by atoms with Gasteiger partial charge in [0.2, 0.25) is 15.9 Å². The second-order valence-electron chi connectivity index (χ2n) is 9.80. The summed E-state index contributed by atoms with van der Waals surface area (Å²) in [6, 6.07) is 6.49. The van der Waals surface area contributed by atoms with E-state index in [0.29, 0.717) is 36.9 Å². The molecule has 3 aliphatic rings. The molecular formula is C22H31ClN2O3S. The Morgan fingerprint density at radius 1 is 1.10 bits per heavy atom. The Morgan fingerprint density at radius 2 is 1.72 bits per heavy atom. The predicted molar refractivity (Wildman–Crippen MR) is 114 cm³/mol. The van der Waals surface area contributed by atoms with Crippen LogP contribution in [0.5, 0.6) is 0 Å². The van der Waals surface area contributed by atoms with Crippen LogP contribution in [0.25, 0.3) is 0 Å². The van der Waals surface area contributed by atoms with Crippen molar-refractivity contribution in [1.29, 1.82) is 0 Å². The number of rotatable bonds is 4. The molecule has 160 valence electrons. The Morgan fingerprint density at radius 3 is 2.24 bits per heavy atom. The largest absolute Gasteiger partial charge is 0.353 e. The highest BCUT2D eigenvalue weighted by molar-refractivity contribution is 7.89. The smallest absolute Gasteiger partial charge is 0.243 e. The molecule has 1 aromatic rings. The molecule has 0 aromatic heterocycles. The van der Waals surface area contributed by atoms with E-state index >= 15 is 0 Å². The van der Waals surface area contributed by atoms with E-state index in [1.165, 1.54) is 29.3 Å². The molecule has 1 aliphatic heterocycles. The van der Waals surface area contributed by atoms with Gasteiger partial charge in [-0.1, -0.05) is 32.4 Å². The molecular weight excluding hydrogens is 408 g/mol. The van der Waals surface area contributed by atoms with Crippen LogP contribution in [-0.4, -0.2) is 37.8 Å². The summed E-state index contributed by atoms with van der Waals surface area (Å²) in [5.41, 5.74) is 0.424. The van der Waals surface area contributed by atoms with Crippen LogP contribution in [0.2, 0.25) is 5.02 Å². The van der Waals surface area contributed by atoms with E-state index in [1.54, 1.807) is 12.1 Å². The van der Waals surface area contributed by atoms with E-state index in [9.17, 15) is 13.2 Å². The fourth-order valence-electron chi connectivity index (χ4n) is 5.83. The van der Waals surface area contributed by atoms with Gasteiger partial charge in [0.15, 0.2) is 0 Å². The summed E-state index contributed by atoms with van der Waals surface area (Å²) in [7, 11) is -3.54. The average molecular weight is 439 g/mol. The zero-order chi connectivity index (χ0) is 21.0. The fourth-order valence-corrected chi connectivity index (χ4v) is 7.42. The number of piperidine rings is 1. The number of carbonyl (C=O) groups is 1. The van der Waals surface area contributed by atoms with Crippen molar-refractivity contribution >= 4 is 27.5 Å². The maximum Gasteiger partial charge on any atom is 0.243 e. The first kappa shape index (κ1) is 21.1. The Balaban J connectivity index is 1.36. The second-order valence-corrected chi connectivity index (χ2v) is 12.2. The molecule has 1 saturated heterocycles. The topological polar surface area (TPSA) is 66.5 Å². The molecule has 0 radical (unpaired) electrons. The standard InChI is InChI=1S/C22H31ClN2O3S/c1-21(2)16-8-11-22(21,3)19(14-16)24-20(26)15-9-12-25(13-10-15)29(27,28)18-6-4-17(23)5-7-18/h4-7,15-16,19H,8-14H2,1-3H3,(H,24,26)/t16-,19-,22-/m0/s1. The highest BCUT2D eigenvalue weighted by atomic mass is 35.5. The lowest BCUT2D eigenvalue weighted by atomic mass is 9.69. The first-order valence-corrected chi connectivity index (χ1v) is 12.4. The van der Waals surface area contributed by atoms with Gasteiger partial charge in [-0.15, -0.1) is 0 Å². The van der Waals surface area contributed by atoms with E-state index in [-0.39, 0.29) is 33.6 Å². The molecule has 2 bridgehead atoms. The van der Waals surface area contributed by atoms with Crippen LogP contribution < -0.4 is 5.32 Å². The SMILES string of the molecule is CC1(C)[C@H]2CC[C@@]1(C)[C@@H](NC(=O)C1CCN(S(=O)(=O)c3ccc(Cl)cc3)CC1)C2. The van der Waals surface area contributed by atoms with Crippen LogP contribution in [0.1, 0.15) is 52.9 Å². The van der Waals surface area contributed by atoms with Crippen molar-refractivity contribution in [3.05, 3.63) is 29.3 Å². The van der Waals surface area contributed by atoms with Crippen LogP contribution in [-0.2, 0) is 14.8 Å². The van der Waals surface area contributed by atoms with Crippen LogP contribution >= 0.6 is 11.6 Å². The Bertz CT molecular complexity index is 891. The van der Waals surface area contributed by atoms with Crippen molar-refractivity contribution in [3.8, 4) is 0 Å². The second kappa shape index (κ2) is 7.24. The maximum atomic E-state index is 13.0. The summed E-state index contributed by atoms with van der Waals surface area (Å²) in [5.74, 6) is 0.671.